The van der Waals surface area contributed by atoms with Crippen molar-refractivity contribution in [3.05, 3.63) is 75.6 Å². The van der Waals surface area contributed by atoms with Crippen LogP contribution in [0.1, 0.15) is 47.3 Å². The van der Waals surface area contributed by atoms with Gasteiger partial charge in [-0.15, -0.1) is 0 Å². The highest BCUT2D eigenvalue weighted by molar-refractivity contribution is 6.05. The zero-order valence-corrected chi connectivity index (χ0v) is 16.7. The van der Waals surface area contributed by atoms with Crippen molar-refractivity contribution in [1.82, 2.24) is 10.3 Å². The monoisotopic (exact) mass is 405 g/mol. The molecule has 3 aromatic rings. The molecular weight excluding hydrogens is 382 g/mol. The summed E-state index contributed by atoms with van der Waals surface area (Å²) in [5, 5.41) is 6.17. The fraction of sp³-hybridized carbons (Fsp3) is 0.261. The standard InChI is InChI=1S/C23H23N3O4/c1-2-30-23(29)26-20-9-5-6-14-10-11-15(12-17(14)20)25-22(28)18-13-24-19-8-4-3-7-16(19)21(18)27/h3-4,7-8,10-13,20H,2,5-6,9H2,1H3,(H,24,27)(H,25,28)(H,26,29). The fourth-order valence-electron chi connectivity index (χ4n) is 3.88. The largest absolute Gasteiger partial charge is 0.450 e. The third kappa shape index (κ3) is 3.91. The smallest absolute Gasteiger partial charge is 0.407 e. The SMILES string of the molecule is CCOC(=O)NC1CCCc2ccc(NC(=O)c3c[nH]c4ccccc4c3=O)cc21. The van der Waals surface area contributed by atoms with E-state index < -0.39 is 12.0 Å². The van der Waals surface area contributed by atoms with Crippen LogP contribution in [0, 0.1) is 0 Å². The Morgan fingerprint density at radius 1 is 1.20 bits per heavy atom. The van der Waals surface area contributed by atoms with E-state index in [9.17, 15) is 14.4 Å². The second-order valence-corrected chi connectivity index (χ2v) is 7.25. The van der Waals surface area contributed by atoms with Gasteiger partial charge in [0.05, 0.1) is 12.6 Å². The molecule has 4 rings (SSSR count). The first kappa shape index (κ1) is 19.7. The summed E-state index contributed by atoms with van der Waals surface area (Å²) in [6.07, 6.45) is 3.65. The van der Waals surface area contributed by atoms with Crippen LogP contribution in [0.4, 0.5) is 10.5 Å². The summed E-state index contributed by atoms with van der Waals surface area (Å²) in [5.74, 6) is -0.479. The van der Waals surface area contributed by atoms with Crippen LogP contribution in [-0.4, -0.2) is 23.6 Å². The highest BCUT2D eigenvalue weighted by Crippen LogP contribution is 2.32. The summed E-state index contributed by atoms with van der Waals surface area (Å²) >= 11 is 0. The number of carbonyl (C=O) groups is 2. The molecule has 154 valence electrons. The number of aryl methyl sites for hydroxylation is 1. The molecule has 1 heterocycles. The molecule has 1 aromatic heterocycles. The van der Waals surface area contributed by atoms with Gasteiger partial charge in [-0.3, -0.25) is 9.59 Å². The van der Waals surface area contributed by atoms with Crippen LogP contribution < -0.4 is 16.1 Å². The number of aromatic amines is 1. The highest BCUT2D eigenvalue weighted by Gasteiger charge is 2.23. The summed E-state index contributed by atoms with van der Waals surface area (Å²) in [6, 6.07) is 12.5. The number of ether oxygens (including phenoxy) is 1. The maximum atomic E-state index is 12.8. The minimum absolute atomic E-state index is 0.0487. The van der Waals surface area contributed by atoms with Gasteiger partial charge in [-0.2, -0.15) is 0 Å². The van der Waals surface area contributed by atoms with Gasteiger partial charge in [-0.05, 0) is 61.6 Å². The molecule has 1 atom stereocenters. The fourth-order valence-corrected chi connectivity index (χ4v) is 3.88. The Hall–Kier alpha value is -3.61. The lowest BCUT2D eigenvalue weighted by Crippen LogP contribution is -2.31. The van der Waals surface area contributed by atoms with Gasteiger partial charge in [0, 0.05) is 22.8 Å². The molecule has 1 aliphatic rings. The number of aromatic nitrogens is 1. The first-order chi connectivity index (χ1) is 14.6. The van der Waals surface area contributed by atoms with Crippen molar-refractivity contribution >= 4 is 28.6 Å². The van der Waals surface area contributed by atoms with Crippen LogP contribution in [0.5, 0.6) is 0 Å². The van der Waals surface area contributed by atoms with Crippen molar-refractivity contribution in [2.45, 2.75) is 32.2 Å². The number of hydrogen-bond acceptors (Lipinski definition) is 4. The minimum atomic E-state index is -0.479. The van der Waals surface area contributed by atoms with Crippen LogP contribution >= 0.6 is 0 Å². The maximum Gasteiger partial charge on any atom is 0.407 e. The lowest BCUT2D eigenvalue weighted by Gasteiger charge is -2.26. The molecule has 0 fully saturated rings. The lowest BCUT2D eigenvalue weighted by atomic mass is 9.87. The number of benzene rings is 2. The average molecular weight is 405 g/mol. The molecule has 30 heavy (non-hydrogen) atoms. The number of hydrogen-bond donors (Lipinski definition) is 3. The molecule has 0 saturated carbocycles. The molecule has 2 aromatic carbocycles. The van der Waals surface area contributed by atoms with Crippen molar-refractivity contribution in [2.75, 3.05) is 11.9 Å². The number of amides is 2. The van der Waals surface area contributed by atoms with E-state index in [2.05, 4.69) is 15.6 Å². The van der Waals surface area contributed by atoms with Crippen LogP contribution in [0.3, 0.4) is 0 Å². The van der Waals surface area contributed by atoms with E-state index in [-0.39, 0.29) is 17.0 Å². The molecule has 0 spiro atoms. The topological polar surface area (TPSA) is 100 Å². The number of pyridine rings is 1. The van der Waals surface area contributed by atoms with Gasteiger partial charge in [-0.25, -0.2) is 4.79 Å². The Balaban J connectivity index is 1.58. The number of para-hydroxylation sites is 1. The van der Waals surface area contributed by atoms with Gasteiger partial charge in [0.25, 0.3) is 5.91 Å². The molecule has 7 nitrogen and oxygen atoms in total. The van der Waals surface area contributed by atoms with Gasteiger partial charge in [0.1, 0.15) is 5.56 Å². The van der Waals surface area contributed by atoms with Crippen molar-refractivity contribution in [3.8, 4) is 0 Å². The number of alkyl carbamates (subject to hydrolysis) is 1. The molecular formula is C23H23N3O4. The molecule has 0 bridgehead atoms. The lowest BCUT2D eigenvalue weighted by molar-refractivity contribution is 0.102. The Morgan fingerprint density at radius 2 is 2.03 bits per heavy atom. The average Bonchev–Trinajstić information content (AvgIpc) is 2.74. The van der Waals surface area contributed by atoms with E-state index in [4.69, 9.17) is 4.74 Å². The molecule has 3 N–H and O–H groups in total. The van der Waals surface area contributed by atoms with Crippen LogP contribution in [-0.2, 0) is 11.2 Å². The minimum Gasteiger partial charge on any atom is -0.450 e. The van der Waals surface area contributed by atoms with Gasteiger partial charge >= 0.3 is 6.09 Å². The Kier molecular flexibility index (Phi) is 5.52. The second-order valence-electron chi connectivity index (χ2n) is 7.25. The zero-order chi connectivity index (χ0) is 21.1. The van der Waals surface area contributed by atoms with E-state index in [1.165, 1.54) is 6.20 Å². The van der Waals surface area contributed by atoms with Crippen molar-refractivity contribution < 1.29 is 14.3 Å². The molecule has 1 aliphatic carbocycles. The molecule has 0 radical (unpaired) electrons. The van der Waals surface area contributed by atoms with Crippen LogP contribution in [0.25, 0.3) is 10.9 Å². The summed E-state index contributed by atoms with van der Waals surface area (Å²) < 4.78 is 5.00. The summed E-state index contributed by atoms with van der Waals surface area (Å²) in [4.78, 5) is 40.3. The predicted octanol–water partition coefficient (Wildman–Crippen LogP) is 3.90. The first-order valence-electron chi connectivity index (χ1n) is 10.0. The van der Waals surface area contributed by atoms with E-state index in [1.807, 2.05) is 24.3 Å². The van der Waals surface area contributed by atoms with Crippen molar-refractivity contribution in [2.24, 2.45) is 0 Å². The quantitative estimate of drug-likeness (QED) is 0.613. The second kappa shape index (κ2) is 8.41. The third-order valence-corrected chi connectivity index (χ3v) is 5.32. The summed E-state index contributed by atoms with van der Waals surface area (Å²) in [7, 11) is 0. The van der Waals surface area contributed by atoms with Crippen molar-refractivity contribution in [1.29, 1.82) is 0 Å². The van der Waals surface area contributed by atoms with E-state index >= 15 is 0 Å². The van der Waals surface area contributed by atoms with Crippen LogP contribution in [0.2, 0.25) is 0 Å². The number of fused-ring (bicyclic) bond motifs is 2. The highest BCUT2D eigenvalue weighted by atomic mass is 16.5. The van der Waals surface area contributed by atoms with Gasteiger partial charge in [0.2, 0.25) is 5.43 Å². The summed E-state index contributed by atoms with van der Waals surface area (Å²) in [5.41, 5.74) is 3.07. The molecule has 7 heteroatoms. The van der Waals surface area contributed by atoms with E-state index in [1.54, 1.807) is 25.1 Å². The first-order valence-corrected chi connectivity index (χ1v) is 10.0. The molecule has 1 unspecified atom stereocenters. The molecule has 0 aliphatic heterocycles. The zero-order valence-electron chi connectivity index (χ0n) is 16.7. The summed E-state index contributed by atoms with van der Waals surface area (Å²) in [6.45, 7) is 2.07. The van der Waals surface area contributed by atoms with E-state index in [0.717, 1.165) is 30.4 Å². The van der Waals surface area contributed by atoms with E-state index in [0.29, 0.717) is 23.2 Å². The molecule has 2 amide bonds. The number of rotatable bonds is 4. The number of nitrogens with one attached hydrogen (secondary N) is 3. The maximum absolute atomic E-state index is 12.8. The predicted molar refractivity (Wildman–Crippen MR) is 115 cm³/mol. The number of anilines is 1. The third-order valence-electron chi connectivity index (χ3n) is 5.32. The Bertz CT molecular complexity index is 1170. The van der Waals surface area contributed by atoms with Gasteiger partial charge in [-0.1, -0.05) is 18.2 Å². The normalized spacial score (nSPS) is 15.3. The number of H-pyrrole nitrogens is 1. The number of carbonyl (C=O) groups excluding carboxylic acids is 2. The molecule has 0 saturated heterocycles. The van der Waals surface area contributed by atoms with Gasteiger partial charge < -0.3 is 20.4 Å². The Labute approximate surface area is 173 Å². The van der Waals surface area contributed by atoms with Gasteiger partial charge in [0.15, 0.2) is 0 Å². The van der Waals surface area contributed by atoms with Crippen molar-refractivity contribution in [3.63, 3.8) is 0 Å². The van der Waals surface area contributed by atoms with Crippen LogP contribution in [0.15, 0.2) is 53.5 Å². The Morgan fingerprint density at radius 3 is 2.87 bits per heavy atom.